The zero-order valence-electron chi connectivity index (χ0n) is 47.3. The minimum atomic E-state index is -3.42. The minimum absolute atomic E-state index is 0.241. The van der Waals surface area contributed by atoms with E-state index in [4.69, 9.17) is 18.0 Å². The van der Waals surface area contributed by atoms with E-state index < -0.39 is 61.6 Å². The molecule has 394 valence electrons. The summed E-state index contributed by atoms with van der Waals surface area (Å²) in [6.45, 7) is 29.1. The van der Waals surface area contributed by atoms with Crippen LogP contribution < -0.4 is 31.1 Å². The van der Waals surface area contributed by atoms with Gasteiger partial charge in [-0.3, -0.25) is 0 Å². The van der Waals surface area contributed by atoms with Gasteiger partial charge < -0.3 is 0 Å². The van der Waals surface area contributed by atoms with E-state index in [-0.39, 0.29) is 15.1 Å². The van der Waals surface area contributed by atoms with E-state index in [0.29, 0.717) is 6.61 Å². The van der Waals surface area contributed by atoms with Crippen LogP contribution in [0.5, 0.6) is 0 Å². The molecule has 8 heteroatoms. The zero-order chi connectivity index (χ0) is 53.1. The molecule has 0 amide bonds. The fourth-order valence-corrected chi connectivity index (χ4v) is 42.0. The van der Waals surface area contributed by atoms with Gasteiger partial charge in [-0.25, -0.2) is 0 Å². The van der Waals surface area contributed by atoms with Gasteiger partial charge in [0.1, 0.15) is 0 Å². The molecule has 0 N–H and O–H groups in total. The van der Waals surface area contributed by atoms with Gasteiger partial charge in [0.05, 0.1) is 0 Å². The van der Waals surface area contributed by atoms with E-state index >= 15 is 0 Å². The van der Waals surface area contributed by atoms with Gasteiger partial charge >= 0.3 is 459 Å². The van der Waals surface area contributed by atoms with Gasteiger partial charge in [-0.15, -0.1) is 0 Å². The van der Waals surface area contributed by atoms with Crippen molar-refractivity contribution in [2.24, 2.45) is 0 Å². The molecule has 6 aromatic rings. The van der Waals surface area contributed by atoms with Crippen molar-refractivity contribution in [1.82, 2.24) is 0 Å². The van der Waals surface area contributed by atoms with Gasteiger partial charge in [0, 0.05) is 0 Å². The first-order valence-corrected chi connectivity index (χ1v) is 41.4. The molecule has 1 aliphatic heterocycles. The Bertz CT molecular complexity index is 2490. The Morgan fingerprint density at radius 1 is 0.405 bits per heavy atom. The van der Waals surface area contributed by atoms with Gasteiger partial charge in [-0.1, -0.05) is 0 Å². The van der Waals surface area contributed by atoms with Crippen LogP contribution in [0, 0.1) is 0 Å². The molecule has 0 fully saturated rings. The molecule has 0 aliphatic carbocycles. The van der Waals surface area contributed by atoms with Crippen LogP contribution in [0.15, 0.2) is 192 Å². The van der Waals surface area contributed by atoms with E-state index in [0.717, 1.165) is 0 Å². The van der Waals surface area contributed by atoms with Crippen molar-refractivity contribution >= 4 is 74.4 Å². The van der Waals surface area contributed by atoms with Crippen LogP contribution in [-0.4, -0.2) is 68.2 Å². The van der Waals surface area contributed by atoms with Gasteiger partial charge in [0.2, 0.25) is 0 Å². The monoisotopic (exact) mass is 1150 g/mol. The van der Waals surface area contributed by atoms with Crippen molar-refractivity contribution in [1.29, 1.82) is 0 Å². The molecular formula is C66H90O4Si3Sn. The molecule has 0 aromatic heterocycles. The van der Waals surface area contributed by atoms with Crippen molar-refractivity contribution in [2.45, 2.75) is 168 Å². The first-order valence-electron chi connectivity index (χ1n) is 28.2. The summed E-state index contributed by atoms with van der Waals surface area (Å²) >= 11 is -3.42. The van der Waals surface area contributed by atoms with Crippen LogP contribution in [-0.2, 0) is 18.0 Å². The second-order valence-electron chi connectivity index (χ2n) is 24.2. The molecule has 0 bridgehead atoms. The number of ether oxygens (including phenoxy) is 1. The van der Waals surface area contributed by atoms with Crippen molar-refractivity contribution in [3.8, 4) is 0 Å². The normalized spacial score (nSPS) is 17.1. The average molecular weight is 1150 g/mol. The number of benzene rings is 6. The van der Waals surface area contributed by atoms with Crippen LogP contribution in [0.1, 0.15) is 122 Å². The van der Waals surface area contributed by atoms with Crippen molar-refractivity contribution in [3.63, 3.8) is 0 Å². The van der Waals surface area contributed by atoms with Crippen LogP contribution >= 0.6 is 0 Å². The summed E-state index contributed by atoms with van der Waals surface area (Å²) in [7, 11) is -9.57. The van der Waals surface area contributed by atoms with Crippen LogP contribution in [0.25, 0.3) is 0 Å². The molecule has 0 saturated carbocycles. The van der Waals surface area contributed by atoms with Crippen LogP contribution in [0.4, 0.5) is 0 Å². The van der Waals surface area contributed by atoms with E-state index in [1.807, 2.05) is 0 Å². The molecule has 6 aromatic carbocycles. The Labute approximate surface area is 456 Å². The summed E-state index contributed by atoms with van der Waals surface area (Å²) in [5.74, 6) is 0. The maximum absolute atomic E-state index is 8.67. The predicted octanol–water partition coefficient (Wildman–Crippen LogP) is 14.1. The van der Waals surface area contributed by atoms with Crippen molar-refractivity contribution in [2.75, 3.05) is 6.61 Å². The van der Waals surface area contributed by atoms with Gasteiger partial charge in [0.15, 0.2) is 0 Å². The Hall–Kier alpha value is -3.81. The Kier molecular flexibility index (Phi) is 19.6. The fourth-order valence-electron chi connectivity index (χ4n) is 12.4. The zero-order valence-corrected chi connectivity index (χ0v) is 53.2. The molecule has 74 heavy (non-hydrogen) atoms. The van der Waals surface area contributed by atoms with Crippen LogP contribution in [0.3, 0.4) is 0 Å². The Balaban J connectivity index is 1.60. The summed E-state index contributed by atoms with van der Waals surface area (Å²) in [5, 5.41) is 6.71. The molecule has 0 saturated heterocycles. The summed E-state index contributed by atoms with van der Waals surface area (Å²) in [5.41, 5.74) is 0. The average Bonchev–Trinajstić information content (AvgIpc) is 3.40. The second kappa shape index (κ2) is 25.1. The van der Waals surface area contributed by atoms with Gasteiger partial charge in [0.25, 0.3) is 0 Å². The number of hydrogen-bond acceptors (Lipinski definition) is 4. The van der Waals surface area contributed by atoms with E-state index in [9.17, 15) is 0 Å². The van der Waals surface area contributed by atoms with Crippen LogP contribution in [0.2, 0.25) is 28.4 Å². The SMILES string of the molecule is CCC[CH2][Sn]([CH2]CCC)([CH2]CCC)[C]1=C[C@@H](O[Si](c2ccccc2)(c2ccccc2)C(C)(C)C)[C@@H](O[Si](c2ccccc2)(c2ccccc2)C(C)(C)C)C(CO[Si](c2ccccc2)(c2ccccc2)C(C)(C)C)O1. The maximum atomic E-state index is 8.67. The first-order chi connectivity index (χ1) is 35.4. The molecule has 1 unspecified atom stereocenters. The molecule has 0 radical (unpaired) electrons. The van der Waals surface area contributed by atoms with Gasteiger partial charge in [-0.05, 0) is 0 Å². The third kappa shape index (κ3) is 12.0. The van der Waals surface area contributed by atoms with E-state index in [1.165, 1.54) is 86.7 Å². The summed E-state index contributed by atoms with van der Waals surface area (Å²) in [4.78, 5) is 0. The molecular weight excluding hydrogens is 1060 g/mol. The number of hydrogen-bond donors (Lipinski definition) is 0. The fraction of sp³-hybridized carbons (Fsp3) is 0.424. The number of unbranched alkanes of at least 4 members (excludes halogenated alkanes) is 3. The second-order valence-corrected chi connectivity index (χ2v) is 50.1. The summed E-state index contributed by atoms with van der Waals surface area (Å²) < 4.78 is 38.8. The summed E-state index contributed by atoms with van der Waals surface area (Å²) in [6.07, 6.45) is 8.25. The van der Waals surface area contributed by atoms with Gasteiger partial charge in [-0.2, -0.15) is 0 Å². The Morgan fingerprint density at radius 3 is 0.973 bits per heavy atom. The molecule has 0 spiro atoms. The number of rotatable bonds is 23. The molecule has 1 aliphatic rings. The molecule has 4 nitrogen and oxygen atoms in total. The van der Waals surface area contributed by atoms with Crippen molar-refractivity contribution in [3.05, 3.63) is 192 Å². The topological polar surface area (TPSA) is 36.9 Å². The first kappa shape index (κ1) is 57.9. The third-order valence-electron chi connectivity index (χ3n) is 16.2. The van der Waals surface area contributed by atoms with E-state index in [1.54, 1.807) is 0 Å². The van der Waals surface area contributed by atoms with Crippen molar-refractivity contribution < 1.29 is 18.0 Å². The molecule has 1 heterocycles. The quantitative estimate of drug-likeness (QED) is 0.0599. The third-order valence-corrected chi connectivity index (χ3v) is 46.3. The Morgan fingerprint density at radius 2 is 0.689 bits per heavy atom. The molecule has 3 atom stereocenters. The summed E-state index contributed by atoms with van der Waals surface area (Å²) in [6, 6.07) is 67.1. The van der Waals surface area contributed by atoms with E-state index in [2.05, 4.69) is 271 Å². The standard InChI is InChI=1S/C54H63O4Si3.3C4H9.Sn/c1-52(2,3)59(43-28-16-10-17-29-43,44-30-18-11-19-31-44)56-42-50-51(58-61(54(7,8)9,47-36-24-14-25-37-47)48-38-26-15-27-39-48)49(40-41-55-50)57-60(53(4,5)6,45-32-20-12-21-33-45)46-34-22-13-23-35-46;3*1-3-4-2;/h10-40,49-51H,42H2,1-9H3;3*1,3-4H2,2H3;/t49-,50?,51-;;;;/m1..../s1. The molecule has 7 rings (SSSR count). The predicted molar refractivity (Wildman–Crippen MR) is 326 cm³/mol.